The molecule has 1 heterocycles. The van der Waals surface area contributed by atoms with E-state index < -0.39 is 0 Å². The van der Waals surface area contributed by atoms with E-state index in [9.17, 15) is 4.79 Å². The normalized spacial score (nSPS) is 16.1. The molecule has 19 heavy (non-hydrogen) atoms. The van der Waals surface area contributed by atoms with Crippen LogP contribution in [-0.2, 0) is 13.0 Å². The minimum atomic E-state index is -0.0698. The van der Waals surface area contributed by atoms with Crippen molar-refractivity contribution >= 4 is 6.03 Å². The van der Waals surface area contributed by atoms with Crippen molar-refractivity contribution in [2.24, 2.45) is 0 Å². The van der Waals surface area contributed by atoms with Crippen molar-refractivity contribution in [1.82, 2.24) is 15.6 Å². The predicted molar refractivity (Wildman–Crippen MR) is 75.9 cm³/mol. The number of hydrogen-bond donors (Lipinski definition) is 2. The number of aryl methyl sites for hydroxylation is 1. The van der Waals surface area contributed by atoms with Crippen LogP contribution in [-0.4, -0.2) is 17.1 Å². The van der Waals surface area contributed by atoms with Crippen molar-refractivity contribution in [3.63, 3.8) is 0 Å². The van der Waals surface area contributed by atoms with Crippen LogP contribution in [0, 0.1) is 0 Å². The van der Waals surface area contributed by atoms with Gasteiger partial charge in [0.25, 0.3) is 0 Å². The molecule has 0 radical (unpaired) electrons. The Bertz CT molecular complexity index is 414. The van der Waals surface area contributed by atoms with Gasteiger partial charge in [0.15, 0.2) is 0 Å². The predicted octanol–water partition coefficient (Wildman–Crippen LogP) is 2.78. The summed E-state index contributed by atoms with van der Waals surface area (Å²) in [5, 5.41) is 5.96. The molecule has 0 atom stereocenters. The van der Waals surface area contributed by atoms with E-state index in [2.05, 4.69) is 28.6 Å². The van der Waals surface area contributed by atoms with E-state index in [0.29, 0.717) is 12.6 Å². The van der Waals surface area contributed by atoms with E-state index in [0.717, 1.165) is 25.0 Å². The second-order valence-corrected chi connectivity index (χ2v) is 5.12. The number of urea groups is 1. The van der Waals surface area contributed by atoms with Crippen LogP contribution >= 0.6 is 0 Å². The third-order valence-electron chi connectivity index (χ3n) is 3.72. The lowest BCUT2D eigenvalue weighted by molar-refractivity contribution is 0.232. The average Bonchev–Trinajstić information content (AvgIpc) is 2.46. The second-order valence-electron chi connectivity index (χ2n) is 5.12. The molecule has 0 saturated heterocycles. The topological polar surface area (TPSA) is 54.0 Å². The number of nitrogens with one attached hydrogen (secondary N) is 2. The van der Waals surface area contributed by atoms with Gasteiger partial charge >= 0.3 is 6.03 Å². The summed E-state index contributed by atoms with van der Waals surface area (Å²) in [5.41, 5.74) is 2.16. The Hall–Kier alpha value is -1.58. The van der Waals surface area contributed by atoms with Crippen LogP contribution in [0.3, 0.4) is 0 Å². The van der Waals surface area contributed by atoms with E-state index in [4.69, 9.17) is 0 Å². The Kier molecular flexibility index (Phi) is 5.19. The molecular formula is C15H23N3O. The lowest BCUT2D eigenvalue weighted by atomic mass is 9.96. The molecule has 2 N–H and O–H groups in total. The molecule has 2 amide bonds. The largest absolute Gasteiger partial charge is 0.335 e. The van der Waals surface area contributed by atoms with Crippen LogP contribution in [0.15, 0.2) is 18.3 Å². The van der Waals surface area contributed by atoms with Gasteiger partial charge in [-0.15, -0.1) is 0 Å². The van der Waals surface area contributed by atoms with Crippen LogP contribution in [0.25, 0.3) is 0 Å². The molecule has 1 fully saturated rings. The standard InChI is InChI=1S/C15H23N3O/c1-2-12-7-6-10-16-14(12)11-17-15(19)18-13-8-4-3-5-9-13/h6-7,10,13H,2-5,8-9,11H2,1H3,(H2,17,18,19). The summed E-state index contributed by atoms with van der Waals surface area (Å²) in [6, 6.07) is 4.27. The quantitative estimate of drug-likeness (QED) is 0.875. The highest BCUT2D eigenvalue weighted by Gasteiger charge is 2.15. The molecule has 0 spiro atoms. The summed E-state index contributed by atoms with van der Waals surface area (Å²) < 4.78 is 0. The lowest BCUT2D eigenvalue weighted by Crippen LogP contribution is -2.42. The Morgan fingerprint density at radius 1 is 1.37 bits per heavy atom. The van der Waals surface area contributed by atoms with Crippen LogP contribution in [0.4, 0.5) is 4.79 Å². The molecule has 1 aromatic rings. The fourth-order valence-electron chi connectivity index (χ4n) is 2.60. The highest BCUT2D eigenvalue weighted by atomic mass is 16.2. The summed E-state index contributed by atoms with van der Waals surface area (Å²) in [5.74, 6) is 0. The fraction of sp³-hybridized carbons (Fsp3) is 0.600. The highest BCUT2D eigenvalue weighted by Crippen LogP contribution is 2.17. The third kappa shape index (κ3) is 4.23. The molecule has 0 aromatic carbocycles. The van der Waals surface area contributed by atoms with Gasteiger partial charge in [0, 0.05) is 12.2 Å². The third-order valence-corrected chi connectivity index (χ3v) is 3.72. The zero-order valence-electron chi connectivity index (χ0n) is 11.6. The number of carbonyl (C=O) groups is 1. The average molecular weight is 261 g/mol. The van der Waals surface area contributed by atoms with E-state index in [-0.39, 0.29) is 6.03 Å². The first kappa shape index (κ1) is 13.8. The van der Waals surface area contributed by atoms with Crippen LogP contribution in [0.2, 0.25) is 0 Å². The molecular weight excluding hydrogens is 238 g/mol. The molecule has 104 valence electrons. The maximum Gasteiger partial charge on any atom is 0.315 e. The summed E-state index contributed by atoms with van der Waals surface area (Å²) in [6.07, 6.45) is 8.68. The first-order valence-corrected chi connectivity index (χ1v) is 7.26. The second kappa shape index (κ2) is 7.12. The number of pyridine rings is 1. The van der Waals surface area contributed by atoms with Gasteiger partial charge in [-0.1, -0.05) is 32.3 Å². The van der Waals surface area contributed by atoms with Gasteiger partial charge in [0.05, 0.1) is 12.2 Å². The molecule has 4 heteroatoms. The van der Waals surface area contributed by atoms with Gasteiger partial charge in [0.1, 0.15) is 0 Å². The van der Waals surface area contributed by atoms with Crippen molar-refractivity contribution < 1.29 is 4.79 Å². The first-order valence-electron chi connectivity index (χ1n) is 7.26. The zero-order valence-corrected chi connectivity index (χ0v) is 11.6. The van der Waals surface area contributed by atoms with Crippen LogP contribution in [0.1, 0.15) is 50.3 Å². The van der Waals surface area contributed by atoms with E-state index in [1.165, 1.54) is 24.8 Å². The Labute approximate surface area is 115 Å². The number of aromatic nitrogens is 1. The summed E-state index contributed by atoms with van der Waals surface area (Å²) >= 11 is 0. The summed E-state index contributed by atoms with van der Waals surface area (Å²) in [7, 11) is 0. The zero-order chi connectivity index (χ0) is 13.5. The van der Waals surface area contributed by atoms with Crippen molar-refractivity contribution in [3.05, 3.63) is 29.6 Å². The minimum absolute atomic E-state index is 0.0698. The van der Waals surface area contributed by atoms with Gasteiger partial charge in [-0.3, -0.25) is 4.98 Å². The molecule has 1 aromatic heterocycles. The number of carbonyl (C=O) groups excluding carboxylic acids is 1. The van der Waals surface area contributed by atoms with Crippen molar-refractivity contribution in [2.45, 2.75) is 58.0 Å². The van der Waals surface area contributed by atoms with Gasteiger partial charge in [-0.2, -0.15) is 0 Å². The minimum Gasteiger partial charge on any atom is -0.335 e. The fourth-order valence-corrected chi connectivity index (χ4v) is 2.60. The maximum atomic E-state index is 11.8. The Morgan fingerprint density at radius 2 is 2.16 bits per heavy atom. The number of hydrogen-bond acceptors (Lipinski definition) is 2. The van der Waals surface area contributed by atoms with Crippen molar-refractivity contribution in [1.29, 1.82) is 0 Å². The summed E-state index contributed by atoms with van der Waals surface area (Å²) in [6.45, 7) is 2.60. The molecule has 1 aliphatic rings. The van der Waals surface area contributed by atoms with E-state index in [1.54, 1.807) is 6.20 Å². The van der Waals surface area contributed by atoms with Crippen molar-refractivity contribution in [3.8, 4) is 0 Å². The van der Waals surface area contributed by atoms with E-state index in [1.807, 2.05) is 6.07 Å². The van der Waals surface area contributed by atoms with Crippen LogP contribution in [0.5, 0.6) is 0 Å². The van der Waals surface area contributed by atoms with E-state index >= 15 is 0 Å². The summed E-state index contributed by atoms with van der Waals surface area (Å²) in [4.78, 5) is 16.2. The molecule has 1 aliphatic carbocycles. The monoisotopic (exact) mass is 261 g/mol. The molecule has 1 saturated carbocycles. The number of rotatable bonds is 4. The van der Waals surface area contributed by atoms with Gasteiger partial charge < -0.3 is 10.6 Å². The Morgan fingerprint density at radius 3 is 2.89 bits per heavy atom. The highest BCUT2D eigenvalue weighted by molar-refractivity contribution is 5.74. The SMILES string of the molecule is CCc1cccnc1CNC(=O)NC1CCCCC1. The first-order chi connectivity index (χ1) is 9.29. The van der Waals surface area contributed by atoms with Crippen LogP contribution < -0.4 is 10.6 Å². The maximum absolute atomic E-state index is 11.8. The van der Waals surface area contributed by atoms with Crippen molar-refractivity contribution in [2.75, 3.05) is 0 Å². The smallest absolute Gasteiger partial charge is 0.315 e. The van der Waals surface area contributed by atoms with Gasteiger partial charge in [-0.05, 0) is 30.9 Å². The van der Waals surface area contributed by atoms with Gasteiger partial charge in [-0.25, -0.2) is 4.79 Å². The Balaban J connectivity index is 1.79. The number of nitrogens with zero attached hydrogens (tertiary/aromatic N) is 1. The molecule has 0 unspecified atom stereocenters. The molecule has 0 aliphatic heterocycles. The lowest BCUT2D eigenvalue weighted by Gasteiger charge is -2.22. The molecule has 0 bridgehead atoms. The molecule has 4 nitrogen and oxygen atoms in total. The number of amides is 2. The molecule has 2 rings (SSSR count). The van der Waals surface area contributed by atoms with Gasteiger partial charge in [0.2, 0.25) is 0 Å².